The summed E-state index contributed by atoms with van der Waals surface area (Å²) in [6.45, 7) is 1.07. The van der Waals surface area contributed by atoms with E-state index in [1.165, 1.54) is 12.1 Å². The summed E-state index contributed by atoms with van der Waals surface area (Å²) >= 11 is 0. The molecular weight excluding hydrogens is 289 g/mol. The van der Waals surface area contributed by atoms with Gasteiger partial charge in [0.25, 0.3) is 0 Å². The SMILES string of the molecule is Cl.Fc1ccc(-c2c(F)cncc2F)c2c1CCNC2. The third-order valence-corrected chi connectivity index (χ3v) is 3.35. The maximum absolute atomic E-state index is 13.8. The molecule has 6 heteroatoms. The van der Waals surface area contributed by atoms with Crippen LogP contribution in [0.25, 0.3) is 11.1 Å². The third kappa shape index (κ3) is 2.39. The minimum atomic E-state index is -0.737. The third-order valence-electron chi connectivity index (χ3n) is 3.35. The van der Waals surface area contributed by atoms with Crippen molar-refractivity contribution in [3.63, 3.8) is 0 Å². The number of hydrogen-bond acceptors (Lipinski definition) is 2. The van der Waals surface area contributed by atoms with E-state index in [0.717, 1.165) is 12.4 Å². The molecular formula is C14H12ClF3N2. The fourth-order valence-corrected chi connectivity index (χ4v) is 2.47. The second kappa shape index (κ2) is 5.81. The van der Waals surface area contributed by atoms with Gasteiger partial charge in [-0.05, 0) is 35.7 Å². The molecule has 0 saturated heterocycles. The number of nitrogens with one attached hydrogen (secondary N) is 1. The Morgan fingerprint density at radius 1 is 0.950 bits per heavy atom. The van der Waals surface area contributed by atoms with Crippen LogP contribution in [0.5, 0.6) is 0 Å². The maximum Gasteiger partial charge on any atom is 0.152 e. The molecule has 0 bridgehead atoms. The lowest BCUT2D eigenvalue weighted by molar-refractivity contribution is 0.564. The van der Waals surface area contributed by atoms with Crippen LogP contribution in [0.15, 0.2) is 24.5 Å². The standard InChI is InChI=1S/C14H11F3N2.ClH/c15-11-2-1-9(10-5-18-4-3-8(10)11)14-12(16)6-19-7-13(14)17;/h1-2,6-7,18H,3-5H2;1H. The van der Waals surface area contributed by atoms with E-state index in [1.54, 1.807) is 0 Å². The Morgan fingerprint density at radius 2 is 1.65 bits per heavy atom. The van der Waals surface area contributed by atoms with Crippen LogP contribution in [0.1, 0.15) is 11.1 Å². The molecule has 0 fully saturated rings. The normalized spacial score (nSPS) is 13.6. The Balaban J connectivity index is 0.00000147. The molecule has 3 rings (SSSR count). The van der Waals surface area contributed by atoms with Crippen LogP contribution in [-0.4, -0.2) is 11.5 Å². The molecule has 0 spiro atoms. The summed E-state index contributed by atoms with van der Waals surface area (Å²) in [6.07, 6.45) is 2.44. The fourth-order valence-electron chi connectivity index (χ4n) is 2.47. The molecule has 0 aliphatic carbocycles. The van der Waals surface area contributed by atoms with Crippen molar-refractivity contribution in [1.82, 2.24) is 10.3 Å². The molecule has 2 heterocycles. The zero-order chi connectivity index (χ0) is 13.4. The number of fused-ring (bicyclic) bond motifs is 1. The van der Waals surface area contributed by atoms with Crippen molar-refractivity contribution in [2.45, 2.75) is 13.0 Å². The van der Waals surface area contributed by atoms with Crippen LogP contribution >= 0.6 is 12.4 Å². The van der Waals surface area contributed by atoms with E-state index >= 15 is 0 Å². The second-order valence-electron chi connectivity index (χ2n) is 4.46. The summed E-state index contributed by atoms with van der Waals surface area (Å²) < 4.78 is 41.3. The highest BCUT2D eigenvalue weighted by Crippen LogP contribution is 2.32. The number of benzene rings is 1. The summed E-state index contributed by atoms with van der Waals surface area (Å²) in [4.78, 5) is 3.46. The summed E-state index contributed by atoms with van der Waals surface area (Å²) in [5.74, 6) is -1.80. The number of pyridine rings is 1. The minimum Gasteiger partial charge on any atom is -0.312 e. The quantitative estimate of drug-likeness (QED) is 0.874. The summed E-state index contributed by atoms with van der Waals surface area (Å²) in [5, 5.41) is 3.09. The van der Waals surface area contributed by atoms with Gasteiger partial charge in [-0.3, -0.25) is 4.98 Å². The molecule has 0 amide bonds. The van der Waals surface area contributed by atoms with Crippen LogP contribution in [-0.2, 0) is 13.0 Å². The van der Waals surface area contributed by atoms with E-state index in [-0.39, 0.29) is 23.8 Å². The first-order valence-corrected chi connectivity index (χ1v) is 5.99. The van der Waals surface area contributed by atoms with E-state index in [1.807, 2.05) is 0 Å². The van der Waals surface area contributed by atoms with E-state index in [4.69, 9.17) is 0 Å². The Hall–Kier alpha value is -1.59. The van der Waals surface area contributed by atoms with Gasteiger partial charge in [0.2, 0.25) is 0 Å². The van der Waals surface area contributed by atoms with Crippen molar-refractivity contribution in [3.05, 3.63) is 53.1 Å². The van der Waals surface area contributed by atoms with Gasteiger partial charge in [-0.1, -0.05) is 6.07 Å². The van der Waals surface area contributed by atoms with Crippen molar-refractivity contribution >= 4 is 12.4 Å². The summed E-state index contributed by atoms with van der Waals surface area (Å²) in [6, 6.07) is 2.68. The van der Waals surface area contributed by atoms with Gasteiger partial charge in [0.15, 0.2) is 11.6 Å². The maximum atomic E-state index is 13.8. The van der Waals surface area contributed by atoms with Crippen molar-refractivity contribution in [2.75, 3.05) is 6.54 Å². The predicted molar refractivity (Wildman–Crippen MR) is 72.2 cm³/mol. The molecule has 0 unspecified atom stereocenters. The Labute approximate surface area is 120 Å². The van der Waals surface area contributed by atoms with Gasteiger partial charge in [-0.2, -0.15) is 0 Å². The largest absolute Gasteiger partial charge is 0.312 e. The lowest BCUT2D eigenvalue weighted by Crippen LogP contribution is -2.25. The van der Waals surface area contributed by atoms with Gasteiger partial charge >= 0.3 is 0 Å². The molecule has 1 aliphatic heterocycles. The van der Waals surface area contributed by atoms with Crippen LogP contribution in [0, 0.1) is 17.5 Å². The average molecular weight is 301 g/mol. The molecule has 2 nitrogen and oxygen atoms in total. The smallest absolute Gasteiger partial charge is 0.152 e. The lowest BCUT2D eigenvalue weighted by atomic mass is 9.91. The molecule has 1 aliphatic rings. The first kappa shape index (κ1) is 14.8. The number of rotatable bonds is 1. The number of aromatic nitrogens is 1. The minimum absolute atomic E-state index is 0. The summed E-state index contributed by atoms with van der Waals surface area (Å²) in [5.41, 5.74) is 1.40. The Morgan fingerprint density at radius 3 is 2.35 bits per heavy atom. The van der Waals surface area contributed by atoms with Gasteiger partial charge < -0.3 is 5.32 Å². The van der Waals surface area contributed by atoms with E-state index in [9.17, 15) is 13.2 Å². The zero-order valence-corrected chi connectivity index (χ0v) is 11.2. The van der Waals surface area contributed by atoms with Crippen LogP contribution in [0.4, 0.5) is 13.2 Å². The highest BCUT2D eigenvalue weighted by molar-refractivity contribution is 5.85. The summed E-state index contributed by atoms with van der Waals surface area (Å²) in [7, 11) is 0. The fraction of sp³-hybridized carbons (Fsp3) is 0.214. The molecule has 2 aromatic rings. The first-order chi connectivity index (χ1) is 9.18. The molecule has 20 heavy (non-hydrogen) atoms. The lowest BCUT2D eigenvalue weighted by Gasteiger charge is -2.21. The highest BCUT2D eigenvalue weighted by Gasteiger charge is 2.21. The number of halogens is 4. The van der Waals surface area contributed by atoms with Gasteiger partial charge in [0.05, 0.1) is 18.0 Å². The van der Waals surface area contributed by atoms with E-state index in [2.05, 4.69) is 10.3 Å². The van der Waals surface area contributed by atoms with Crippen LogP contribution < -0.4 is 5.32 Å². The number of hydrogen-bond donors (Lipinski definition) is 1. The van der Waals surface area contributed by atoms with Crippen molar-refractivity contribution < 1.29 is 13.2 Å². The molecule has 1 aromatic heterocycles. The van der Waals surface area contributed by atoms with Gasteiger partial charge in [-0.25, -0.2) is 13.2 Å². The first-order valence-electron chi connectivity index (χ1n) is 5.99. The molecule has 0 atom stereocenters. The monoisotopic (exact) mass is 300 g/mol. The van der Waals surface area contributed by atoms with Crippen LogP contribution in [0.2, 0.25) is 0 Å². The van der Waals surface area contributed by atoms with Crippen molar-refractivity contribution in [1.29, 1.82) is 0 Å². The van der Waals surface area contributed by atoms with Crippen molar-refractivity contribution in [2.24, 2.45) is 0 Å². The second-order valence-corrected chi connectivity index (χ2v) is 4.46. The van der Waals surface area contributed by atoms with E-state index < -0.39 is 11.6 Å². The van der Waals surface area contributed by atoms with E-state index in [0.29, 0.717) is 36.2 Å². The Kier molecular flexibility index (Phi) is 4.30. The zero-order valence-electron chi connectivity index (χ0n) is 10.4. The van der Waals surface area contributed by atoms with Crippen molar-refractivity contribution in [3.8, 4) is 11.1 Å². The molecule has 0 saturated carbocycles. The molecule has 1 N–H and O–H groups in total. The highest BCUT2D eigenvalue weighted by atomic mass is 35.5. The van der Waals surface area contributed by atoms with Gasteiger partial charge in [-0.15, -0.1) is 12.4 Å². The molecule has 0 radical (unpaired) electrons. The predicted octanol–water partition coefficient (Wildman–Crippen LogP) is 3.23. The molecule has 106 valence electrons. The Bertz CT molecular complexity index is 626. The van der Waals surface area contributed by atoms with Gasteiger partial charge in [0, 0.05) is 6.54 Å². The van der Waals surface area contributed by atoms with Crippen LogP contribution in [0.3, 0.4) is 0 Å². The average Bonchev–Trinajstić information content (AvgIpc) is 2.41. The molecule has 1 aromatic carbocycles. The van der Waals surface area contributed by atoms with Gasteiger partial charge in [0.1, 0.15) is 5.82 Å². The number of nitrogens with zero attached hydrogens (tertiary/aromatic N) is 1. The topological polar surface area (TPSA) is 24.9 Å².